The topological polar surface area (TPSA) is 47.2 Å². The molecule has 0 unspecified atom stereocenters. The quantitative estimate of drug-likeness (QED) is 0.480. The number of nitrogens with one attached hydrogen (secondary N) is 2. The van der Waals surface area contributed by atoms with Gasteiger partial charge in [-0.05, 0) is 53.9 Å². The molecule has 4 aromatic rings. The molecule has 2 N–H and O–H groups in total. The van der Waals surface area contributed by atoms with Crippen LogP contribution in [-0.2, 0) is 13.0 Å². The summed E-state index contributed by atoms with van der Waals surface area (Å²) in [6.45, 7) is 6.29. The molecule has 5 nitrogen and oxygen atoms in total. The molecule has 6 rings (SSSR count). The molecule has 2 aromatic heterocycles. The van der Waals surface area contributed by atoms with E-state index in [4.69, 9.17) is 0 Å². The van der Waals surface area contributed by atoms with Crippen molar-refractivity contribution in [3.8, 4) is 22.3 Å². The number of piperazine rings is 1. The highest BCUT2D eigenvalue weighted by Crippen LogP contribution is 2.35. The number of rotatable bonds is 4. The molecule has 4 heterocycles. The lowest BCUT2D eigenvalue weighted by Crippen LogP contribution is -2.43. The van der Waals surface area contributed by atoms with Gasteiger partial charge in [0.25, 0.3) is 0 Å². The highest BCUT2D eigenvalue weighted by Gasteiger charge is 2.18. The number of aromatic amines is 1. The first-order chi connectivity index (χ1) is 16.1. The average Bonchev–Trinajstić information content (AvgIpc) is 3.48. The Bertz CT molecular complexity index is 1300. The van der Waals surface area contributed by atoms with Crippen LogP contribution in [-0.4, -0.2) is 59.5 Å². The summed E-state index contributed by atoms with van der Waals surface area (Å²) in [5, 5.41) is 4.15. The first-order valence-corrected chi connectivity index (χ1v) is 11.7. The molecular weight excluding hydrogens is 413 g/mol. The summed E-state index contributed by atoms with van der Waals surface area (Å²) in [4.78, 5) is 12.8. The largest absolute Gasteiger partial charge is 0.382 e. The van der Waals surface area contributed by atoms with Gasteiger partial charge in [-0.1, -0.05) is 24.3 Å². The summed E-state index contributed by atoms with van der Waals surface area (Å²) in [5.74, 6) is -0.186. The van der Waals surface area contributed by atoms with Gasteiger partial charge in [-0.25, -0.2) is 9.37 Å². The van der Waals surface area contributed by atoms with Crippen LogP contribution in [0, 0.1) is 5.82 Å². The van der Waals surface area contributed by atoms with Gasteiger partial charge in [0.15, 0.2) is 0 Å². The molecule has 0 amide bonds. The number of fused-ring (bicyclic) bond motifs is 2. The maximum absolute atomic E-state index is 14.6. The second kappa shape index (κ2) is 8.28. The first kappa shape index (κ1) is 20.4. The Morgan fingerprint density at radius 3 is 2.61 bits per heavy atom. The van der Waals surface area contributed by atoms with Crippen molar-refractivity contribution in [2.75, 3.05) is 45.1 Å². The average molecular weight is 442 g/mol. The fraction of sp³-hybridized carbons (Fsp3) is 0.296. The molecule has 2 aliphatic rings. The molecule has 0 bridgehead atoms. The van der Waals surface area contributed by atoms with Crippen molar-refractivity contribution in [3.05, 3.63) is 71.8 Å². The molecule has 2 aromatic carbocycles. The fourth-order valence-corrected chi connectivity index (χ4v) is 5.00. The number of benzene rings is 2. The number of anilines is 1. The molecule has 0 aliphatic carbocycles. The number of hydrogen-bond acceptors (Lipinski definition) is 4. The standard InChI is InChI=1S/C27H28FN5/c1-32-8-10-33(11-9-32)17-18-2-4-19(5-3-18)22-13-23-24(16-31-27(23)30-15-22)21-12-20-6-7-29-26(20)25(28)14-21/h2-5,12-16,29H,6-11,17H2,1H3,(H,30,31). The number of aromatic nitrogens is 2. The zero-order valence-electron chi connectivity index (χ0n) is 18.9. The molecule has 33 heavy (non-hydrogen) atoms. The van der Waals surface area contributed by atoms with E-state index in [0.717, 1.165) is 84.5 Å². The molecular formula is C27H28FN5. The van der Waals surface area contributed by atoms with E-state index in [0.29, 0.717) is 5.69 Å². The van der Waals surface area contributed by atoms with E-state index in [1.54, 1.807) is 6.07 Å². The van der Waals surface area contributed by atoms with Gasteiger partial charge in [0.2, 0.25) is 0 Å². The molecule has 0 spiro atoms. The maximum Gasteiger partial charge on any atom is 0.147 e. The van der Waals surface area contributed by atoms with E-state index >= 15 is 0 Å². The number of halogens is 1. The van der Waals surface area contributed by atoms with Crippen LogP contribution < -0.4 is 5.32 Å². The summed E-state index contributed by atoms with van der Waals surface area (Å²) >= 11 is 0. The molecule has 0 saturated carbocycles. The Kier molecular flexibility index (Phi) is 5.12. The molecule has 6 heteroatoms. The van der Waals surface area contributed by atoms with Crippen LogP contribution in [0.25, 0.3) is 33.3 Å². The minimum absolute atomic E-state index is 0.186. The predicted octanol–water partition coefficient (Wildman–Crippen LogP) is 4.75. The summed E-state index contributed by atoms with van der Waals surface area (Å²) < 4.78 is 14.6. The van der Waals surface area contributed by atoms with Crippen molar-refractivity contribution in [1.29, 1.82) is 0 Å². The molecule has 168 valence electrons. The van der Waals surface area contributed by atoms with Crippen LogP contribution in [0.15, 0.2) is 54.9 Å². The minimum atomic E-state index is -0.186. The van der Waals surface area contributed by atoms with Gasteiger partial charge in [-0.3, -0.25) is 4.90 Å². The number of H-pyrrole nitrogens is 1. The van der Waals surface area contributed by atoms with Gasteiger partial charge in [0.05, 0.1) is 5.69 Å². The van der Waals surface area contributed by atoms with E-state index in [1.165, 1.54) is 5.56 Å². The van der Waals surface area contributed by atoms with Gasteiger partial charge < -0.3 is 15.2 Å². The lowest BCUT2D eigenvalue weighted by Gasteiger charge is -2.32. The third-order valence-corrected chi connectivity index (χ3v) is 7.00. The number of likely N-dealkylation sites (N-methyl/N-ethyl adjacent to an activating group) is 1. The van der Waals surface area contributed by atoms with Crippen molar-refractivity contribution in [3.63, 3.8) is 0 Å². The van der Waals surface area contributed by atoms with E-state index < -0.39 is 0 Å². The lowest BCUT2D eigenvalue weighted by molar-refractivity contribution is 0.148. The van der Waals surface area contributed by atoms with E-state index in [9.17, 15) is 4.39 Å². The van der Waals surface area contributed by atoms with E-state index in [1.807, 2.05) is 12.4 Å². The van der Waals surface area contributed by atoms with Crippen LogP contribution in [0.5, 0.6) is 0 Å². The zero-order valence-corrected chi connectivity index (χ0v) is 18.9. The van der Waals surface area contributed by atoms with Gasteiger partial charge in [-0.2, -0.15) is 0 Å². The van der Waals surface area contributed by atoms with Crippen LogP contribution in [0.1, 0.15) is 11.1 Å². The summed E-state index contributed by atoms with van der Waals surface area (Å²) in [6.07, 6.45) is 4.70. The molecule has 2 aliphatic heterocycles. The SMILES string of the molecule is CN1CCN(Cc2ccc(-c3cnc4[nH]cc(-c5cc(F)c6c(c5)CCN6)c4c3)cc2)CC1. The first-order valence-electron chi connectivity index (χ1n) is 11.7. The van der Waals surface area contributed by atoms with Crippen molar-refractivity contribution < 1.29 is 4.39 Å². The van der Waals surface area contributed by atoms with Crippen LogP contribution in [0.2, 0.25) is 0 Å². The second-order valence-corrected chi connectivity index (χ2v) is 9.27. The van der Waals surface area contributed by atoms with Crippen molar-refractivity contribution in [2.45, 2.75) is 13.0 Å². The Morgan fingerprint density at radius 1 is 0.970 bits per heavy atom. The number of nitrogens with zero attached hydrogens (tertiary/aromatic N) is 3. The normalized spacial score (nSPS) is 16.8. The van der Waals surface area contributed by atoms with Gasteiger partial charge in [0.1, 0.15) is 11.5 Å². The monoisotopic (exact) mass is 441 g/mol. The summed E-state index contributed by atoms with van der Waals surface area (Å²) in [7, 11) is 2.19. The van der Waals surface area contributed by atoms with E-state index in [-0.39, 0.29) is 5.82 Å². The van der Waals surface area contributed by atoms with Crippen molar-refractivity contribution >= 4 is 16.7 Å². The highest BCUT2D eigenvalue weighted by molar-refractivity contribution is 5.96. The zero-order chi connectivity index (χ0) is 22.4. The smallest absolute Gasteiger partial charge is 0.147 e. The minimum Gasteiger partial charge on any atom is -0.382 e. The van der Waals surface area contributed by atoms with Gasteiger partial charge >= 0.3 is 0 Å². The number of pyridine rings is 1. The number of hydrogen-bond donors (Lipinski definition) is 2. The predicted molar refractivity (Wildman–Crippen MR) is 132 cm³/mol. The van der Waals surface area contributed by atoms with Crippen molar-refractivity contribution in [1.82, 2.24) is 19.8 Å². The molecule has 0 atom stereocenters. The maximum atomic E-state index is 14.6. The Labute approximate surface area is 193 Å². The Morgan fingerprint density at radius 2 is 1.79 bits per heavy atom. The van der Waals surface area contributed by atoms with Crippen molar-refractivity contribution in [2.24, 2.45) is 0 Å². The van der Waals surface area contributed by atoms with Gasteiger partial charge in [-0.15, -0.1) is 0 Å². The van der Waals surface area contributed by atoms with E-state index in [2.05, 4.69) is 68.5 Å². The third kappa shape index (κ3) is 3.90. The molecule has 1 saturated heterocycles. The van der Waals surface area contributed by atoms with Crippen LogP contribution in [0.3, 0.4) is 0 Å². The second-order valence-electron chi connectivity index (χ2n) is 9.27. The Hall–Kier alpha value is -3.22. The summed E-state index contributed by atoms with van der Waals surface area (Å²) in [5.41, 5.74) is 7.93. The van der Waals surface area contributed by atoms with Crippen LogP contribution >= 0.6 is 0 Å². The van der Waals surface area contributed by atoms with Crippen LogP contribution in [0.4, 0.5) is 10.1 Å². The van der Waals surface area contributed by atoms with Gasteiger partial charge in [0, 0.05) is 68.2 Å². The Balaban J connectivity index is 1.28. The molecule has 1 fully saturated rings. The lowest BCUT2D eigenvalue weighted by atomic mass is 9.99. The fourth-order valence-electron chi connectivity index (χ4n) is 5.00. The summed E-state index contributed by atoms with van der Waals surface area (Å²) in [6, 6.07) is 14.7. The molecule has 0 radical (unpaired) electrons. The highest BCUT2D eigenvalue weighted by atomic mass is 19.1. The third-order valence-electron chi connectivity index (χ3n) is 7.00.